The third-order valence-electron chi connectivity index (χ3n) is 5.80. The largest absolute Gasteiger partial charge is 0.323 e. The number of H-pyrrole nitrogens is 1. The Morgan fingerprint density at radius 2 is 1.80 bits per heavy atom. The van der Waals surface area contributed by atoms with Gasteiger partial charge in [-0.05, 0) is 80.1 Å². The van der Waals surface area contributed by atoms with E-state index in [-0.39, 0.29) is 4.87 Å². The number of nitrogens with one attached hydrogen (secondary N) is 1. The van der Waals surface area contributed by atoms with Crippen LogP contribution in [0.25, 0.3) is 34.2 Å². The Bertz CT molecular complexity index is 1580. The first-order valence-electron chi connectivity index (χ1n) is 11.1. The van der Waals surface area contributed by atoms with Gasteiger partial charge in [-0.25, -0.2) is 4.45 Å². The minimum Gasteiger partial charge on any atom is -0.296 e. The van der Waals surface area contributed by atoms with Gasteiger partial charge in [-0.3, -0.25) is 9.78 Å². The van der Waals surface area contributed by atoms with Gasteiger partial charge in [-0.2, -0.15) is 9.47 Å². The third-order valence-corrected chi connectivity index (χ3v) is 8.25. The number of nitrogens with zero attached hydrogens (tertiary/aromatic N) is 3. The summed E-state index contributed by atoms with van der Waals surface area (Å²) in [7, 11) is 0. The van der Waals surface area contributed by atoms with E-state index in [4.69, 9.17) is 0 Å². The number of aromatic nitrogens is 4. The Hall–Kier alpha value is -2.87. The fourth-order valence-corrected chi connectivity index (χ4v) is 6.17. The van der Waals surface area contributed by atoms with E-state index in [0.717, 1.165) is 40.0 Å². The summed E-state index contributed by atoms with van der Waals surface area (Å²) in [5, 5.41) is 5.68. The predicted octanol–water partition coefficient (Wildman–Crippen LogP) is 7.51. The van der Waals surface area contributed by atoms with Crippen molar-refractivity contribution in [3.63, 3.8) is 0 Å². The highest BCUT2D eigenvalue weighted by Crippen LogP contribution is 2.37. The van der Waals surface area contributed by atoms with Crippen molar-refractivity contribution in [2.45, 2.75) is 13.3 Å². The van der Waals surface area contributed by atoms with Crippen LogP contribution >= 0.6 is 39.9 Å². The van der Waals surface area contributed by atoms with Crippen LogP contribution in [0.2, 0.25) is 0 Å². The molecule has 0 fully saturated rings. The monoisotopic (exact) mass is 608 g/mol. The van der Waals surface area contributed by atoms with Crippen molar-refractivity contribution in [3.8, 4) is 0 Å². The zero-order valence-electron chi connectivity index (χ0n) is 18.9. The van der Waals surface area contributed by atoms with Gasteiger partial charge < -0.3 is 0 Å². The number of rotatable bonds is 7. The lowest BCUT2D eigenvalue weighted by atomic mass is 9.87. The highest BCUT2D eigenvalue weighted by molar-refractivity contribution is 14.2. The predicted molar refractivity (Wildman–Crippen MR) is 158 cm³/mol. The van der Waals surface area contributed by atoms with Crippen LogP contribution in [-0.2, 0) is 0 Å². The molecule has 174 valence electrons. The molecule has 0 saturated heterocycles. The second kappa shape index (κ2) is 10.8. The molecule has 0 amide bonds. The maximum atomic E-state index is 11.3. The fourth-order valence-electron chi connectivity index (χ4n) is 4.18. The molecule has 3 aromatic carbocycles. The molecule has 5 rings (SSSR count). The Morgan fingerprint density at radius 1 is 1.03 bits per heavy atom. The Kier molecular flexibility index (Phi) is 7.37. The van der Waals surface area contributed by atoms with E-state index in [1.165, 1.54) is 22.3 Å². The van der Waals surface area contributed by atoms with Gasteiger partial charge in [-0.15, -0.1) is 0 Å². The van der Waals surface area contributed by atoms with Crippen molar-refractivity contribution in [1.29, 1.82) is 0 Å². The molecular formula is C27H22IN4OPS. The number of hydrogen-bond donors (Lipinski definition) is 1. The summed E-state index contributed by atoms with van der Waals surface area (Å²) in [6, 6.07) is 25.7. The first-order chi connectivity index (χ1) is 17.2. The van der Waals surface area contributed by atoms with E-state index in [0.29, 0.717) is 12.2 Å². The molecule has 1 N–H and O–H groups in total. The summed E-state index contributed by atoms with van der Waals surface area (Å²) in [6.07, 6.45) is 7.21. The number of fused-ring (bicyclic) bond motifs is 1. The minimum absolute atomic E-state index is 0.149. The molecule has 1 unspecified atom stereocenters. The molecular weight excluding hydrogens is 586 g/mol. The van der Waals surface area contributed by atoms with Crippen LogP contribution in [0.15, 0.2) is 83.8 Å². The van der Waals surface area contributed by atoms with Crippen LogP contribution in [0.5, 0.6) is 0 Å². The van der Waals surface area contributed by atoms with Crippen LogP contribution < -0.4 is 4.87 Å². The molecule has 0 radical (unpaired) electrons. The van der Waals surface area contributed by atoms with Crippen LogP contribution in [-0.4, -0.2) is 18.9 Å². The minimum atomic E-state index is -0.149. The molecule has 5 aromatic rings. The normalized spacial score (nSPS) is 12.7. The molecule has 35 heavy (non-hydrogen) atoms. The molecule has 1 atom stereocenters. The van der Waals surface area contributed by atoms with Crippen LogP contribution in [0.3, 0.4) is 0 Å². The standard InChI is InChI=1S/C27H22IN4OPS/c1-2-23(19-6-4-3-5-7-19)26(21-13-14-24-22(16-21)17-29-32(24)34-28)20-11-8-18(9-12-20)10-15-25-30-27(33)35-31-25/h3-17,34H,2H2,1H3,(H,30,31,33)/b15-10+,26-23+. The zero-order valence-corrected chi connectivity index (χ0v) is 22.9. The van der Waals surface area contributed by atoms with E-state index in [1.807, 2.05) is 22.8 Å². The Morgan fingerprint density at radius 3 is 2.49 bits per heavy atom. The lowest BCUT2D eigenvalue weighted by Crippen LogP contribution is -1.95. The summed E-state index contributed by atoms with van der Waals surface area (Å²) in [4.78, 5) is 13.9. The Balaban J connectivity index is 1.61. The summed E-state index contributed by atoms with van der Waals surface area (Å²) in [5.74, 6) is 0.572. The average molecular weight is 608 g/mol. The molecule has 8 heteroatoms. The fraction of sp³-hybridized carbons (Fsp3) is 0.0741. The average Bonchev–Trinajstić information content (AvgIpc) is 3.52. The lowest BCUT2D eigenvalue weighted by molar-refractivity contribution is 1.04. The number of halogens is 1. The quantitative estimate of drug-likeness (QED) is 0.118. The molecule has 2 aromatic heterocycles. The molecule has 0 saturated carbocycles. The third kappa shape index (κ3) is 5.22. The van der Waals surface area contributed by atoms with Gasteiger partial charge in [0, 0.05) is 16.9 Å². The van der Waals surface area contributed by atoms with Crippen LogP contribution in [0, 0.1) is 0 Å². The van der Waals surface area contributed by atoms with E-state index in [9.17, 15) is 4.79 Å². The number of benzene rings is 3. The zero-order chi connectivity index (χ0) is 24.2. The van der Waals surface area contributed by atoms with E-state index >= 15 is 0 Å². The molecule has 5 nitrogen and oxygen atoms in total. The van der Waals surface area contributed by atoms with Crippen LogP contribution in [0.1, 0.15) is 41.4 Å². The summed E-state index contributed by atoms with van der Waals surface area (Å²) < 4.78 is 6.13. The van der Waals surface area contributed by atoms with Gasteiger partial charge in [0.25, 0.3) is 0 Å². The highest BCUT2D eigenvalue weighted by atomic mass is 127. The first kappa shape index (κ1) is 23.9. The summed E-state index contributed by atoms with van der Waals surface area (Å²) in [5.41, 5.74) is 8.29. The Labute approximate surface area is 222 Å². The number of hydrogen-bond acceptors (Lipinski definition) is 4. The van der Waals surface area contributed by atoms with Crippen molar-refractivity contribution in [2.24, 2.45) is 0 Å². The highest BCUT2D eigenvalue weighted by Gasteiger charge is 2.14. The van der Waals surface area contributed by atoms with E-state index in [1.54, 1.807) is 0 Å². The SMILES string of the molecule is CC/C(=C(/c1ccc(/C=C/c2nsc(=O)[nH]2)cc1)c1ccc2c(cnn2PI)c1)c1ccccc1. The smallest absolute Gasteiger partial charge is 0.296 e. The van der Waals surface area contributed by atoms with Crippen LogP contribution in [0.4, 0.5) is 0 Å². The molecule has 2 heterocycles. The summed E-state index contributed by atoms with van der Waals surface area (Å²) >= 11 is 3.29. The van der Waals surface area contributed by atoms with Gasteiger partial charge in [0.2, 0.25) is 0 Å². The first-order valence-corrected chi connectivity index (χ1v) is 16.0. The van der Waals surface area contributed by atoms with E-state index < -0.39 is 0 Å². The van der Waals surface area contributed by atoms with Gasteiger partial charge in [-0.1, -0.05) is 73.7 Å². The molecule has 0 aliphatic heterocycles. The topological polar surface area (TPSA) is 63.6 Å². The van der Waals surface area contributed by atoms with Gasteiger partial charge in [0.1, 0.15) is 5.82 Å². The van der Waals surface area contributed by atoms with Crippen molar-refractivity contribution in [3.05, 3.63) is 117 Å². The molecule has 0 aliphatic rings. The van der Waals surface area contributed by atoms with Crippen molar-refractivity contribution in [1.82, 2.24) is 18.9 Å². The van der Waals surface area contributed by atoms with Crippen molar-refractivity contribution < 1.29 is 0 Å². The second-order valence-corrected chi connectivity index (χ2v) is 10.7. The van der Waals surface area contributed by atoms with Crippen molar-refractivity contribution in [2.75, 3.05) is 0 Å². The number of allylic oxidation sites excluding steroid dienone is 1. The summed E-state index contributed by atoms with van der Waals surface area (Å²) in [6.45, 7) is 2.21. The maximum absolute atomic E-state index is 11.3. The molecule has 0 spiro atoms. The second-order valence-electron chi connectivity index (χ2n) is 7.92. The van der Waals surface area contributed by atoms with Gasteiger partial charge in [0.05, 0.1) is 18.1 Å². The molecule has 0 aliphatic carbocycles. The molecule has 0 bridgehead atoms. The van der Waals surface area contributed by atoms with Crippen molar-refractivity contribution >= 4 is 74.1 Å². The van der Waals surface area contributed by atoms with E-state index in [2.05, 4.69) is 116 Å². The van der Waals surface area contributed by atoms with Gasteiger partial charge >= 0.3 is 4.87 Å². The lowest BCUT2D eigenvalue weighted by Gasteiger charge is -2.17. The van der Waals surface area contributed by atoms with Gasteiger partial charge in [0.15, 0.2) is 0 Å². The number of aromatic amines is 1. The maximum Gasteiger partial charge on any atom is 0.323 e.